The second kappa shape index (κ2) is 6.37. The number of benzene rings is 1. The number of rotatable bonds is 6. The molecule has 0 fully saturated rings. The van der Waals surface area contributed by atoms with Crippen LogP contribution in [0.15, 0.2) is 18.2 Å². The zero-order chi connectivity index (χ0) is 11.1. The fraction of sp³-hybridized carbons (Fsp3) is 0.455. The summed E-state index contributed by atoms with van der Waals surface area (Å²) in [7, 11) is 3.43. The highest BCUT2D eigenvalue weighted by Crippen LogP contribution is 2.20. The third-order valence-electron chi connectivity index (χ3n) is 2.15. The number of hydrogen-bond acceptors (Lipinski definition) is 3. The van der Waals surface area contributed by atoms with Crippen LogP contribution in [-0.2, 0) is 6.54 Å². The average molecular weight is 212 g/mol. The topological polar surface area (TPSA) is 33.3 Å². The Balaban J connectivity index is 2.58. The third kappa shape index (κ3) is 3.49. The second-order valence-electron chi connectivity index (χ2n) is 3.20. The molecule has 0 aliphatic rings. The van der Waals surface area contributed by atoms with Gasteiger partial charge in [-0.2, -0.15) is 0 Å². The molecule has 1 aromatic carbocycles. The molecule has 4 heteroatoms. The maximum atomic E-state index is 13.4. The van der Waals surface area contributed by atoms with Gasteiger partial charge in [0.25, 0.3) is 0 Å². The molecule has 15 heavy (non-hydrogen) atoms. The highest BCUT2D eigenvalue weighted by atomic mass is 19.1. The van der Waals surface area contributed by atoms with Crippen LogP contribution in [0.4, 0.5) is 4.39 Å². The van der Waals surface area contributed by atoms with Crippen LogP contribution >= 0.6 is 0 Å². The van der Waals surface area contributed by atoms with E-state index in [1.165, 1.54) is 6.07 Å². The molecular weight excluding hydrogens is 195 g/mol. The van der Waals surface area contributed by atoms with Crippen LogP contribution in [0.25, 0.3) is 0 Å². The van der Waals surface area contributed by atoms with Crippen molar-refractivity contribution in [3.8, 4) is 5.75 Å². The smallest absolute Gasteiger partial charge is 0.131 e. The summed E-state index contributed by atoms with van der Waals surface area (Å²) in [6.45, 7) is 2.14. The van der Waals surface area contributed by atoms with E-state index in [-0.39, 0.29) is 5.82 Å². The van der Waals surface area contributed by atoms with Crippen LogP contribution in [0.1, 0.15) is 5.56 Å². The monoisotopic (exact) mass is 212 g/mol. The summed E-state index contributed by atoms with van der Waals surface area (Å²) >= 11 is 0. The van der Waals surface area contributed by atoms with Gasteiger partial charge in [0.1, 0.15) is 11.6 Å². The van der Waals surface area contributed by atoms with Crippen molar-refractivity contribution in [2.24, 2.45) is 0 Å². The quantitative estimate of drug-likeness (QED) is 0.694. The first kappa shape index (κ1) is 11.9. The van der Waals surface area contributed by atoms with E-state index >= 15 is 0 Å². The molecule has 0 spiro atoms. The van der Waals surface area contributed by atoms with Crippen molar-refractivity contribution in [2.45, 2.75) is 6.54 Å². The lowest BCUT2D eigenvalue weighted by Crippen LogP contribution is -2.25. The number of ether oxygens (including phenoxy) is 1. The van der Waals surface area contributed by atoms with E-state index in [1.54, 1.807) is 19.2 Å². The Morgan fingerprint density at radius 1 is 1.33 bits per heavy atom. The van der Waals surface area contributed by atoms with Gasteiger partial charge in [-0.1, -0.05) is 6.07 Å². The van der Waals surface area contributed by atoms with Crippen molar-refractivity contribution in [3.05, 3.63) is 29.6 Å². The van der Waals surface area contributed by atoms with Crippen molar-refractivity contribution in [1.29, 1.82) is 0 Å². The summed E-state index contributed by atoms with van der Waals surface area (Å²) in [4.78, 5) is 0. The molecule has 0 heterocycles. The minimum absolute atomic E-state index is 0.230. The number of likely N-dealkylation sites (N-methyl/N-ethyl adjacent to an activating group) is 1. The van der Waals surface area contributed by atoms with Gasteiger partial charge in [-0.15, -0.1) is 0 Å². The highest BCUT2D eigenvalue weighted by Gasteiger charge is 2.07. The van der Waals surface area contributed by atoms with Crippen LogP contribution in [0.3, 0.4) is 0 Å². The van der Waals surface area contributed by atoms with Crippen molar-refractivity contribution in [1.82, 2.24) is 10.6 Å². The highest BCUT2D eigenvalue weighted by molar-refractivity contribution is 5.34. The zero-order valence-electron chi connectivity index (χ0n) is 9.14. The zero-order valence-corrected chi connectivity index (χ0v) is 9.14. The standard InChI is InChI=1S/C11H17FN2O/c1-13-6-7-14-8-9-10(12)4-3-5-11(9)15-2/h3-5,13-14H,6-8H2,1-2H3. The lowest BCUT2D eigenvalue weighted by Gasteiger charge is -2.10. The molecule has 1 rings (SSSR count). The Kier molecular flexibility index (Phi) is 5.07. The number of halogens is 1. The molecule has 0 bridgehead atoms. The SMILES string of the molecule is CNCCNCc1c(F)cccc1OC. The van der Waals surface area contributed by atoms with E-state index in [9.17, 15) is 4.39 Å². The van der Waals surface area contributed by atoms with Gasteiger partial charge < -0.3 is 15.4 Å². The fourth-order valence-electron chi connectivity index (χ4n) is 1.33. The van der Waals surface area contributed by atoms with Crippen LogP contribution in [-0.4, -0.2) is 27.2 Å². The van der Waals surface area contributed by atoms with Crippen molar-refractivity contribution in [2.75, 3.05) is 27.2 Å². The lowest BCUT2D eigenvalue weighted by molar-refractivity contribution is 0.402. The molecule has 0 unspecified atom stereocenters. The Bertz CT molecular complexity index is 305. The van der Waals surface area contributed by atoms with Crippen molar-refractivity contribution < 1.29 is 9.13 Å². The molecule has 84 valence electrons. The van der Waals surface area contributed by atoms with E-state index in [2.05, 4.69) is 10.6 Å². The molecule has 0 radical (unpaired) electrons. The third-order valence-corrected chi connectivity index (χ3v) is 2.15. The summed E-state index contributed by atoms with van der Waals surface area (Å²) in [5.74, 6) is 0.360. The Labute approximate surface area is 89.6 Å². The van der Waals surface area contributed by atoms with Crippen LogP contribution in [0.5, 0.6) is 5.75 Å². The molecule has 0 saturated carbocycles. The molecule has 1 aromatic rings. The minimum atomic E-state index is -0.230. The molecule has 0 aromatic heterocycles. The van der Waals surface area contributed by atoms with Gasteiger partial charge in [-0.3, -0.25) is 0 Å². The van der Waals surface area contributed by atoms with Gasteiger partial charge >= 0.3 is 0 Å². The van der Waals surface area contributed by atoms with E-state index in [1.807, 2.05) is 7.05 Å². The van der Waals surface area contributed by atoms with E-state index in [4.69, 9.17) is 4.74 Å². The Morgan fingerprint density at radius 3 is 2.80 bits per heavy atom. The van der Waals surface area contributed by atoms with Crippen LogP contribution in [0.2, 0.25) is 0 Å². The largest absolute Gasteiger partial charge is 0.496 e. The van der Waals surface area contributed by atoms with E-state index in [0.717, 1.165) is 13.1 Å². The molecule has 0 aliphatic carbocycles. The fourth-order valence-corrected chi connectivity index (χ4v) is 1.33. The first-order chi connectivity index (χ1) is 7.29. The van der Waals surface area contributed by atoms with E-state index in [0.29, 0.717) is 17.9 Å². The van der Waals surface area contributed by atoms with Crippen LogP contribution < -0.4 is 15.4 Å². The summed E-state index contributed by atoms with van der Waals surface area (Å²) in [5, 5.41) is 6.15. The molecule has 3 nitrogen and oxygen atoms in total. The van der Waals surface area contributed by atoms with Gasteiger partial charge in [-0.05, 0) is 19.2 Å². The predicted octanol–water partition coefficient (Wildman–Crippen LogP) is 1.14. The van der Waals surface area contributed by atoms with Gasteiger partial charge in [0.15, 0.2) is 0 Å². The average Bonchev–Trinajstić information content (AvgIpc) is 2.26. The Morgan fingerprint density at radius 2 is 2.13 bits per heavy atom. The molecule has 0 saturated heterocycles. The lowest BCUT2D eigenvalue weighted by atomic mass is 10.2. The summed E-state index contributed by atoms with van der Waals surface area (Å²) in [6.07, 6.45) is 0. The molecular formula is C11H17FN2O. The van der Waals surface area contributed by atoms with Crippen molar-refractivity contribution in [3.63, 3.8) is 0 Å². The maximum absolute atomic E-state index is 13.4. The second-order valence-corrected chi connectivity index (χ2v) is 3.20. The Hall–Kier alpha value is -1.13. The van der Waals surface area contributed by atoms with Gasteiger partial charge in [-0.25, -0.2) is 4.39 Å². The van der Waals surface area contributed by atoms with Gasteiger partial charge in [0, 0.05) is 25.2 Å². The molecule has 0 aliphatic heterocycles. The molecule has 0 atom stereocenters. The van der Waals surface area contributed by atoms with Crippen LogP contribution in [0, 0.1) is 5.82 Å². The number of hydrogen-bond donors (Lipinski definition) is 2. The summed E-state index contributed by atoms with van der Waals surface area (Å²) in [6, 6.07) is 4.85. The number of methoxy groups -OCH3 is 1. The molecule has 2 N–H and O–H groups in total. The summed E-state index contributed by atoms with van der Waals surface area (Å²) < 4.78 is 18.5. The first-order valence-electron chi connectivity index (χ1n) is 4.96. The van der Waals surface area contributed by atoms with E-state index < -0.39 is 0 Å². The maximum Gasteiger partial charge on any atom is 0.131 e. The van der Waals surface area contributed by atoms with Gasteiger partial charge in [0.05, 0.1) is 7.11 Å². The first-order valence-corrected chi connectivity index (χ1v) is 4.96. The minimum Gasteiger partial charge on any atom is -0.496 e. The normalized spacial score (nSPS) is 10.3. The number of nitrogens with one attached hydrogen (secondary N) is 2. The van der Waals surface area contributed by atoms with Crippen molar-refractivity contribution >= 4 is 0 Å². The summed E-state index contributed by atoms with van der Waals surface area (Å²) in [5.41, 5.74) is 0.580. The predicted molar refractivity (Wildman–Crippen MR) is 58.6 cm³/mol. The molecule has 0 amide bonds. The van der Waals surface area contributed by atoms with Gasteiger partial charge in [0.2, 0.25) is 0 Å².